The highest BCUT2D eigenvalue weighted by atomic mass is 15.2. The van der Waals surface area contributed by atoms with Crippen molar-refractivity contribution in [1.82, 2.24) is 10.3 Å². The molecule has 20 heavy (non-hydrogen) atoms. The van der Waals surface area contributed by atoms with E-state index in [1.807, 2.05) is 6.20 Å². The third-order valence-electron chi connectivity index (χ3n) is 4.91. The average Bonchev–Trinajstić information content (AvgIpc) is 3.30. The van der Waals surface area contributed by atoms with Crippen LogP contribution in [0.4, 0.5) is 5.82 Å². The third kappa shape index (κ3) is 3.32. The van der Waals surface area contributed by atoms with Gasteiger partial charge in [-0.05, 0) is 43.2 Å². The van der Waals surface area contributed by atoms with Crippen molar-refractivity contribution in [2.24, 2.45) is 5.92 Å². The quantitative estimate of drug-likeness (QED) is 0.891. The van der Waals surface area contributed by atoms with Crippen molar-refractivity contribution < 1.29 is 0 Å². The van der Waals surface area contributed by atoms with Gasteiger partial charge in [0.15, 0.2) is 0 Å². The highest BCUT2D eigenvalue weighted by Crippen LogP contribution is 2.29. The zero-order chi connectivity index (χ0) is 13.9. The van der Waals surface area contributed by atoms with Crippen LogP contribution in [0, 0.1) is 5.92 Å². The molecular weight excluding hydrogens is 246 g/mol. The molecule has 1 aromatic rings. The molecule has 3 rings (SSSR count). The predicted octanol–water partition coefficient (Wildman–Crippen LogP) is 3.35. The molecule has 0 aliphatic heterocycles. The minimum atomic E-state index is 0.659. The van der Waals surface area contributed by atoms with Gasteiger partial charge in [-0.15, -0.1) is 0 Å². The molecule has 2 saturated carbocycles. The highest BCUT2D eigenvalue weighted by molar-refractivity contribution is 5.40. The van der Waals surface area contributed by atoms with E-state index in [0.29, 0.717) is 6.04 Å². The summed E-state index contributed by atoms with van der Waals surface area (Å²) in [5.41, 5.74) is 1.30. The fourth-order valence-electron chi connectivity index (χ4n) is 3.32. The smallest absolute Gasteiger partial charge is 0.128 e. The summed E-state index contributed by atoms with van der Waals surface area (Å²) in [7, 11) is 2.21. The van der Waals surface area contributed by atoms with Gasteiger partial charge in [-0.25, -0.2) is 4.98 Å². The predicted molar refractivity (Wildman–Crippen MR) is 83.9 cm³/mol. The van der Waals surface area contributed by atoms with Crippen LogP contribution in [0.3, 0.4) is 0 Å². The molecule has 3 nitrogen and oxygen atoms in total. The molecule has 2 unspecified atom stereocenters. The molecule has 2 aliphatic rings. The second kappa shape index (κ2) is 6.13. The van der Waals surface area contributed by atoms with Crippen molar-refractivity contribution in [3.05, 3.63) is 23.9 Å². The van der Waals surface area contributed by atoms with E-state index in [2.05, 4.69) is 41.3 Å². The van der Waals surface area contributed by atoms with Crippen LogP contribution >= 0.6 is 0 Å². The summed E-state index contributed by atoms with van der Waals surface area (Å²) in [4.78, 5) is 7.06. The molecule has 2 fully saturated rings. The minimum Gasteiger partial charge on any atom is -0.356 e. The standard InChI is InChI=1S/C17H27N3/c1-13-5-3-4-6-16(13)20(2)17-10-7-14(12-19-17)11-18-15-8-9-15/h7,10,12-13,15-16,18H,3-6,8-9,11H2,1-2H3. The molecule has 0 radical (unpaired) electrons. The van der Waals surface area contributed by atoms with E-state index in [-0.39, 0.29) is 0 Å². The molecule has 110 valence electrons. The molecule has 2 aliphatic carbocycles. The van der Waals surface area contributed by atoms with E-state index in [4.69, 9.17) is 0 Å². The topological polar surface area (TPSA) is 28.2 Å². The molecule has 3 heteroatoms. The number of nitrogens with one attached hydrogen (secondary N) is 1. The lowest BCUT2D eigenvalue weighted by molar-refractivity contribution is 0.320. The van der Waals surface area contributed by atoms with E-state index in [0.717, 1.165) is 24.3 Å². The molecule has 2 atom stereocenters. The Morgan fingerprint density at radius 2 is 2.00 bits per heavy atom. The monoisotopic (exact) mass is 273 g/mol. The van der Waals surface area contributed by atoms with Gasteiger partial charge in [0.25, 0.3) is 0 Å². The largest absolute Gasteiger partial charge is 0.356 e. The van der Waals surface area contributed by atoms with Crippen LogP contribution in [0.25, 0.3) is 0 Å². The van der Waals surface area contributed by atoms with Crippen molar-refractivity contribution in [2.75, 3.05) is 11.9 Å². The Morgan fingerprint density at radius 1 is 1.20 bits per heavy atom. The first kappa shape index (κ1) is 13.9. The number of aromatic nitrogens is 1. The Bertz CT molecular complexity index is 424. The zero-order valence-electron chi connectivity index (χ0n) is 12.8. The van der Waals surface area contributed by atoms with Gasteiger partial charge in [-0.3, -0.25) is 0 Å². The van der Waals surface area contributed by atoms with E-state index in [1.54, 1.807) is 0 Å². The summed E-state index contributed by atoms with van der Waals surface area (Å²) in [5, 5.41) is 3.54. The molecule has 1 aromatic heterocycles. The van der Waals surface area contributed by atoms with Gasteiger partial charge in [-0.1, -0.05) is 25.8 Å². The SMILES string of the molecule is CC1CCCCC1N(C)c1ccc(CNC2CC2)cn1. The second-order valence-corrected chi connectivity index (χ2v) is 6.62. The fraction of sp³-hybridized carbons (Fsp3) is 0.706. The lowest BCUT2D eigenvalue weighted by Gasteiger charge is -2.37. The number of hydrogen-bond acceptors (Lipinski definition) is 3. The van der Waals surface area contributed by atoms with Crippen LogP contribution in [-0.2, 0) is 6.54 Å². The number of rotatable bonds is 5. The van der Waals surface area contributed by atoms with Crippen LogP contribution in [0.1, 0.15) is 51.0 Å². The summed E-state index contributed by atoms with van der Waals surface area (Å²) in [6.07, 6.45) is 10.1. The van der Waals surface area contributed by atoms with Crippen LogP contribution in [-0.4, -0.2) is 24.1 Å². The van der Waals surface area contributed by atoms with Crippen molar-refractivity contribution in [2.45, 2.75) is 64.1 Å². The molecule has 0 spiro atoms. The van der Waals surface area contributed by atoms with Crippen molar-refractivity contribution in [1.29, 1.82) is 0 Å². The van der Waals surface area contributed by atoms with Gasteiger partial charge >= 0.3 is 0 Å². The third-order valence-corrected chi connectivity index (χ3v) is 4.91. The summed E-state index contributed by atoms with van der Waals surface area (Å²) in [6.45, 7) is 3.34. The Balaban J connectivity index is 1.60. The zero-order valence-corrected chi connectivity index (χ0v) is 12.8. The number of pyridine rings is 1. The lowest BCUT2D eigenvalue weighted by Crippen LogP contribution is -2.39. The summed E-state index contributed by atoms with van der Waals surface area (Å²) in [6, 6.07) is 5.83. The first-order chi connectivity index (χ1) is 9.74. The van der Waals surface area contributed by atoms with Crippen molar-refractivity contribution >= 4 is 5.82 Å². The van der Waals surface area contributed by atoms with E-state index in [9.17, 15) is 0 Å². The van der Waals surface area contributed by atoms with Crippen molar-refractivity contribution in [3.8, 4) is 0 Å². The molecule has 0 bridgehead atoms. The average molecular weight is 273 g/mol. The van der Waals surface area contributed by atoms with Gasteiger partial charge in [0.1, 0.15) is 5.82 Å². The molecule has 0 saturated heterocycles. The Kier molecular flexibility index (Phi) is 4.25. The maximum absolute atomic E-state index is 4.67. The highest BCUT2D eigenvalue weighted by Gasteiger charge is 2.25. The molecule has 1 heterocycles. The van der Waals surface area contributed by atoms with Crippen LogP contribution < -0.4 is 10.2 Å². The number of nitrogens with zero attached hydrogens (tertiary/aromatic N) is 2. The first-order valence-electron chi connectivity index (χ1n) is 8.15. The summed E-state index contributed by atoms with van der Waals surface area (Å²) < 4.78 is 0. The fourth-order valence-corrected chi connectivity index (χ4v) is 3.32. The maximum atomic E-state index is 4.67. The van der Waals surface area contributed by atoms with Crippen LogP contribution in [0.2, 0.25) is 0 Å². The Labute approximate surface area is 122 Å². The normalized spacial score (nSPS) is 26.5. The van der Waals surface area contributed by atoms with Gasteiger partial charge in [0.2, 0.25) is 0 Å². The molecular formula is C17H27N3. The van der Waals surface area contributed by atoms with E-state index >= 15 is 0 Å². The van der Waals surface area contributed by atoms with Crippen molar-refractivity contribution in [3.63, 3.8) is 0 Å². The van der Waals surface area contributed by atoms with E-state index < -0.39 is 0 Å². The second-order valence-electron chi connectivity index (χ2n) is 6.62. The molecule has 1 N–H and O–H groups in total. The molecule has 0 aromatic carbocycles. The minimum absolute atomic E-state index is 0.659. The van der Waals surface area contributed by atoms with Gasteiger partial charge < -0.3 is 10.2 Å². The van der Waals surface area contributed by atoms with Gasteiger partial charge in [0, 0.05) is 31.9 Å². The number of hydrogen-bond donors (Lipinski definition) is 1. The van der Waals surface area contributed by atoms with Crippen LogP contribution in [0.15, 0.2) is 18.3 Å². The Morgan fingerprint density at radius 3 is 2.65 bits per heavy atom. The number of anilines is 1. The lowest BCUT2D eigenvalue weighted by atomic mass is 9.85. The Hall–Kier alpha value is -1.09. The maximum Gasteiger partial charge on any atom is 0.128 e. The first-order valence-corrected chi connectivity index (χ1v) is 8.15. The summed E-state index contributed by atoms with van der Waals surface area (Å²) in [5.74, 6) is 1.91. The van der Waals surface area contributed by atoms with Gasteiger partial charge in [0.05, 0.1) is 0 Å². The molecule has 0 amide bonds. The van der Waals surface area contributed by atoms with Gasteiger partial charge in [-0.2, -0.15) is 0 Å². The van der Waals surface area contributed by atoms with E-state index in [1.165, 1.54) is 44.1 Å². The summed E-state index contributed by atoms with van der Waals surface area (Å²) >= 11 is 0. The van der Waals surface area contributed by atoms with Crippen LogP contribution in [0.5, 0.6) is 0 Å².